The molecule has 0 saturated carbocycles. The van der Waals surface area contributed by atoms with Gasteiger partial charge in [-0.2, -0.15) is 4.98 Å². The summed E-state index contributed by atoms with van der Waals surface area (Å²) in [4.78, 5) is 23.2. The Labute approximate surface area is 186 Å². The third-order valence-electron chi connectivity index (χ3n) is 5.91. The molecule has 5 heterocycles. The van der Waals surface area contributed by atoms with Gasteiger partial charge in [0.25, 0.3) is 0 Å². The number of nitrogens with zero attached hydrogens (tertiary/aromatic N) is 6. The summed E-state index contributed by atoms with van der Waals surface area (Å²) in [5.41, 5.74) is 2.32. The molecule has 32 heavy (non-hydrogen) atoms. The minimum absolute atomic E-state index is 0.270. The summed E-state index contributed by atoms with van der Waals surface area (Å²) >= 11 is 0. The molecule has 5 rings (SSSR count). The van der Waals surface area contributed by atoms with E-state index < -0.39 is 16.1 Å². The number of H-pyrrole nitrogens is 1. The summed E-state index contributed by atoms with van der Waals surface area (Å²) in [6.45, 7) is 2.42. The summed E-state index contributed by atoms with van der Waals surface area (Å²) in [5.74, 6) is 0.685. The lowest BCUT2D eigenvalue weighted by molar-refractivity contribution is 0.198. The van der Waals surface area contributed by atoms with Crippen molar-refractivity contribution >= 4 is 33.0 Å². The van der Waals surface area contributed by atoms with Gasteiger partial charge in [-0.3, -0.25) is 0 Å². The quantitative estimate of drug-likeness (QED) is 0.498. The predicted molar refractivity (Wildman–Crippen MR) is 121 cm³/mol. The van der Waals surface area contributed by atoms with Crippen LogP contribution in [-0.4, -0.2) is 83.0 Å². The first kappa shape index (κ1) is 21.0. The molecule has 0 amide bonds. The van der Waals surface area contributed by atoms with Gasteiger partial charge in [0.2, 0.25) is 16.0 Å². The van der Waals surface area contributed by atoms with Crippen molar-refractivity contribution in [3.8, 4) is 11.3 Å². The average molecular weight is 459 g/mol. The van der Waals surface area contributed by atoms with Gasteiger partial charge >= 0.3 is 0 Å². The molecule has 0 spiro atoms. The fraction of sp³-hybridized carbons (Fsp3) is 0.500. The molecule has 170 valence electrons. The van der Waals surface area contributed by atoms with Gasteiger partial charge in [-0.25, -0.2) is 27.7 Å². The number of aliphatic hydroxyl groups excluding tert-OH is 1. The van der Waals surface area contributed by atoms with Gasteiger partial charge < -0.3 is 20.3 Å². The minimum Gasteiger partial charge on any atom is -0.391 e. The van der Waals surface area contributed by atoms with Crippen molar-refractivity contribution in [2.75, 3.05) is 41.6 Å². The molecule has 2 aliphatic rings. The third kappa shape index (κ3) is 4.00. The van der Waals surface area contributed by atoms with Gasteiger partial charge in [0, 0.05) is 32.0 Å². The Bertz CT molecular complexity index is 1220. The van der Waals surface area contributed by atoms with Crippen LogP contribution in [0.1, 0.15) is 19.3 Å². The van der Waals surface area contributed by atoms with E-state index in [2.05, 4.69) is 25.3 Å². The second kappa shape index (κ2) is 8.26. The number of piperidine rings is 1. The van der Waals surface area contributed by atoms with Crippen molar-refractivity contribution < 1.29 is 13.5 Å². The number of nitrogens with one attached hydrogen (secondary N) is 2. The van der Waals surface area contributed by atoms with Crippen molar-refractivity contribution in [3.63, 3.8) is 0 Å². The molecule has 0 bridgehead atoms. The molecular formula is C20H26N8O3S. The number of aromatic amines is 1. The Kier molecular flexibility index (Phi) is 5.43. The Morgan fingerprint density at radius 3 is 2.81 bits per heavy atom. The first-order valence-electron chi connectivity index (χ1n) is 10.7. The molecule has 0 aliphatic carbocycles. The van der Waals surface area contributed by atoms with Gasteiger partial charge in [-0.05, 0) is 31.9 Å². The summed E-state index contributed by atoms with van der Waals surface area (Å²) in [7, 11) is -3.65. The first-order valence-corrected chi connectivity index (χ1v) is 12.6. The summed E-state index contributed by atoms with van der Waals surface area (Å²) in [5, 5.41) is 13.2. The summed E-state index contributed by atoms with van der Waals surface area (Å²) in [6.07, 6.45) is 7.94. The highest BCUT2D eigenvalue weighted by molar-refractivity contribution is 7.92. The van der Waals surface area contributed by atoms with E-state index in [9.17, 15) is 13.5 Å². The lowest BCUT2D eigenvalue weighted by Crippen LogP contribution is -2.49. The summed E-state index contributed by atoms with van der Waals surface area (Å²) < 4.78 is 27.4. The highest BCUT2D eigenvalue weighted by atomic mass is 32.2. The van der Waals surface area contributed by atoms with Crippen LogP contribution >= 0.6 is 0 Å². The molecule has 0 radical (unpaired) electrons. The van der Waals surface area contributed by atoms with Crippen molar-refractivity contribution in [2.24, 2.45) is 0 Å². The monoisotopic (exact) mass is 458 g/mol. The highest BCUT2D eigenvalue weighted by Gasteiger charge is 2.33. The van der Waals surface area contributed by atoms with Crippen LogP contribution in [0.15, 0.2) is 24.7 Å². The van der Waals surface area contributed by atoms with Gasteiger partial charge in [0.05, 0.1) is 35.9 Å². The van der Waals surface area contributed by atoms with Crippen LogP contribution in [0, 0.1) is 0 Å². The number of hydrogen-bond acceptors (Lipinski definition) is 9. The Balaban J connectivity index is 1.66. The molecule has 11 nitrogen and oxygen atoms in total. The van der Waals surface area contributed by atoms with Crippen LogP contribution < -0.4 is 14.5 Å². The molecule has 3 aromatic heterocycles. The second-order valence-electron chi connectivity index (χ2n) is 8.32. The van der Waals surface area contributed by atoms with E-state index >= 15 is 0 Å². The average Bonchev–Trinajstić information content (AvgIpc) is 3.42. The van der Waals surface area contributed by atoms with E-state index in [0.717, 1.165) is 19.4 Å². The molecule has 12 heteroatoms. The molecule has 3 N–H and O–H groups in total. The highest BCUT2D eigenvalue weighted by Crippen LogP contribution is 2.34. The van der Waals surface area contributed by atoms with Crippen LogP contribution in [0.25, 0.3) is 22.4 Å². The molecule has 2 fully saturated rings. The van der Waals surface area contributed by atoms with E-state index in [1.54, 1.807) is 18.6 Å². The SMILES string of the molecule is CS(=O)(=O)N(c1nc(N2CC[C@H](O)C2)ncc1-c1cnc2[nH]ccc2n1)[C@H]1CCCNC1. The number of sulfonamides is 1. The van der Waals surface area contributed by atoms with E-state index in [-0.39, 0.29) is 11.9 Å². The fourth-order valence-corrected chi connectivity index (χ4v) is 5.56. The number of aliphatic hydroxyl groups is 1. The predicted octanol–water partition coefficient (Wildman–Crippen LogP) is 0.504. The largest absolute Gasteiger partial charge is 0.391 e. The summed E-state index contributed by atoms with van der Waals surface area (Å²) in [6, 6.07) is 1.54. The van der Waals surface area contributed by atoms with Gasteiger partial charge in [0.15, 0.2) is 11.5 Å². The van der Waals surface area contributed by atoms with E-state index in [1.807, 2.05) is 11.0 Å². The van der Waals surface area contributed by atoms with Gasteiger partial charge in [-0.1, -0.05) is 0 Å². The number of fused-ring (bicyclic) bond motifs is 1. The van der Waals surface area contributed by atoms with Crippen LogP contribution in [0.5, 0.6) is 0 Å². The zero-order chi connectivity index (χ0) is 22.3. The number of β-amino-alcohol motifs (C(OH)–C–C–N with tert-alkyl or cyclic N) is 1. The maximum absolute atomic E-state index is 13.0. The first-order chi connectivity index (χ1) is 15.4. The van der Waals surface area contributed by atoms with Crippen LogP contribution in [0.2, 0.25) is 0 Å². The van der Waals surface area contributed by atoms with Crippen LogP contribution in [0.4, 0.5) is 11.8 Å². The normalized spacial score (nSPS) is 21.9. The van der Waals surface area contributed by atoms with Crippen molar-refractivity contribution in [1.82, 2.24) is 30.2 Å². The molecular weight excluding hydrogens is 432 g/mol. The van der Waals surface area contributed by atoms with Crippen LogP contribution in [0.3, 0.4) is 0 Å². The third-order valence-corrected chi connectivity index (χ3v) is 7.09. The standard InChI is InChI=1S/C20H26N8O3S/c1-32(30,31)28(13-3-2-6-21-9-13)19-15(17-11-23-18-16(25-17)4-7-22-18)10-24-20(26-19)27-8-5-14(29)12-27/h4,7,10-11,13-14,21,29H,2-3,5-6,8-9,12H2,1H3,(H,22,23)/t13-,14-/m0/s1. The van der Waals surface area contributed by atoms with Gasteiger partial charge in [0.1, 0.15) is 5.52 Å². The smallest absolute Gasteiger partial charge is 0.233 e. The lowest BCUT2D eigenvalue weighted by atomic mass is 10.1. The topological polar surface area (TPSA) is 140 Å². The molecule has 2 aliphatic heterocycles. The van der Waals surface area contributed by atoms with Crippen LogP contribution in [-0.2, 0) is 10.0 Å². The molecule has 3 aromatic rings. The maximum atomic E-state index is 13.0. The number of aromatic nitrogens is 5. The zero-order valence-corrected chi connectivity index (χ0v) is 18.6. The van der Waals surface area contributed by atoms with E-state index in [1.165, 1.54) is 10.6 Å². The minimum atomic E-state index is -3.65. The van der Waals surface area contributed by atoms with Gasteiger partial charge in [-0.15, -0.1) is 0 Å². The van der Waals surface area contributed by atoms with E-state index in [0.29, 0.717) is 54.4 Å². The number of hydrogen-bond donors (Lipinski definition) is 3. The molecule has 0 unspecified atom stereocenters. The molecule has 2 atom stereocenters. The number of rotatable bonds is 5. The zero-order valence-electron chi connectivity index (χ0n) is 17.8. The number of anilines is 2. The molecule has 0 aromatic carbocycles. The fourth-order valence-electron chi connectivity index (χ4n) is 4.38. The Morgan fingerprint density at radius 2 is 2.09 bits per heavy atom. The van der Waals surface area contributed by atoms with Crippen molar-refractivity contribution in [1.29, 1.82) is 0 Å². The Hall–Kier alpha value is -2.83. The van der Waals surface area contributed by atoms with E-state index in [4.69, 9.17) is 4.98 Å². The molecule has 2 saturated heterocycles. The second-order valence-corrected chi connectivity index (χ2v) is 10.2. The Morgan fingerprint density at radius 1 is 1.22 bits per heavy atom. The van der Waals surface area contributed by atoms with Crippen molar-refractivity contribution in [3.05, 3.63) is 24.7 Å². The van der Waals surface area contributed by atoms with Crippen molar-refractivity contribution in [2.45, 2.75) is 31.4 Å². The lowest BCUT2D eigenvalue weighted by Gasteiger charge is -2.34. The maximum Gasteiger partial charge on any atom is 0.233 e.